The first kappa shape index (κ1) is 93.0. The molecule has 0 aromatic heterocycles. The first-order valence-electron chi connectivity index (χ1n) is 39.4. The number of hydrogen-bond donors (Lipinski definition) is 6. The van der Waals surface area contributed by atoms with Gasteiger partial charge in [-0.15, -0.1) is 0 Å². The number of ether oxygens (including phenoxy) is 4. The van der Waals surface area contributed by atoms with E-state index in [0.29, 0.717) is 116 Å². The van der Waals surface area contributed by atoms with Crippen LogP contribution in [0.4, 0.5) is 0 Å². The van der Waals surface area contributed by atoms with Gasteiger partial charge in [0, 0.05) is 109 Å². The van der Waals surface area contributed by atoms with E-state index in [4.69, 9.17) is 18.9 Å². The van der Waals surface area contributed by atoms with Gasteiger partial charge in [0.25, 0.3) is 11.8 Å². The van der Waals surface area contributed by atoms with Crippen LogP contribution < -0.4 is 37.4 Å². The third-order valence-electron chi connectivity index (χ3n) is 18.3. The van der Waals surface area contributed by atoms with Crippen LogP contribution >= 0.6 is 0 Å². The molecule has 6 amide bonds. The molecule has 0 atom stereocenters. The smallest absolute Gasteiger partial charge is 0.251 e. The van der Waals surface area contributed by atoms with Gasteiger partial charge >= 0.3 is 0 Å². The maximum absolute atomic E-state index is 13.6. The molecule has 16 nitrogen and oxygen atoms in total. The molecule has 0 aliphatic carbocycles. The molecule has 1 aromatic carbocycles. The zero-order chi connectivity index (χ0) is 74.5. The fourth-order valence-corrected chi connectivity index (χ4v) is 11.8. The van der Waals surface area contributed by atoms with Crippen LogP contribution in [0.25, 0.3) is 0 Å². The average molecular weight is 1390 g/mol. The van der Waals surface area contributed by atoms with E-state index in [-0.39, 0.29) is 69.9 Å². The average Bonchev–Trinajstić information content (AvgIpc) is 0.844. The molecule has 99 heavy (non-hydrogen) atoms. The number of carbonyl (C=O) groups excluding carboxylic acids is 6. The molecule has 0 aliphatic rings. The molecule has 0 bridgehead atoms. The van der Waals surface area contributed by atoms with Crippen LogP contribution in [0.2, 0.25) is 0 Å². The van der Waals surface area contributed by atoms with Gasteiger partial charge in [-0.3, -0.25) is 28.8 Å². The van der Waals surface area contributed by atoms with Crippen molar-refractivity contribution in [2.45, 2.75) is 317 Å². The molecule has 574 valence electrons. The molecule has 17 heteroatoms. The summed E-state index contributed by atoms with van der Waals surface area (Å²) in [6, 6.07) is 5.16. The van der Waals surface area contributed by atoms with Crippen molar-refractivity contribution < 1.29 is 47.7 Å². The van der Waals surface area contributed by atoms with Gasteiger partial charge in [-0.25, -0.2) is 0 Å². The van der Waals surface area contributed by atoms with Crippen molar-refractivity contribution in [3.8, 4) is 0 Å². The molecule has 0 fully saturated rings. The van der Waals surface area contributed by atoms with Crippen molar-refractivity contribution in [1.82, 2.24) is 31.9 Å². The number of amides is 6. The van der Waals surface area contributed by atoms with Crippen molar-refractivity contribution in [1.29, 1.82) is 0 Å². The minimum Gasteiger partial charge on any atom is -0.380 e. The molecule has 0 radical (unpaired) electrons. The third-order valence-corrected chi connectivity index (χ3v) is 18.3. The van der Waals surface area contributed by atoms with Crippen LogP contribution in [0.15, 0.2) is 18.2 Å². The van der Waals surface area contributed by atoms with E-state index in [1.54, 1.807) is 18.2 Å². The first-order valence-corrected chi connectivity index (χ1v) is 39.4. The SMILES string of the molecule is Bc1cc(C(=O)NCC(C)(C)COCC(C)(C)CC(=O)NCC(C)(C)COCC(C)(C)CNC(=O)CCCCCCCCCCCCCCC)cc(C(=O)NCC(C)(C)COCC(C)(C)CC(=O)NCC(C)(C)COCC(C)(C)CNC(=O)CCCCCCCCCCCCCCC)c1. The van der Waals surface area contributed by atoms with Gasteiger partial charge < -0.3 is 50.8 Å². The Morgan fingerprint density at radius 1 is 0.283 bits per heavy atom. The Balaban J connectivity index is 2.41. The Kier molecular flexibility index (Phi) is 46.5. The van der Waals surface area contributed by atoms with Gasteiger partial charge in [-0.05, 0) is 29.7 Å². The summed E-state index contributed by atoms with van der Waals surface area (Å²) in [7, 11) is 1.86. The van der Waals surface area contributed by atoms with Crippen LogP contribution in [0.3, 0.4) is 0 Å². The maximum Gasteiger partial charge on any atom is 0.251 e. The second kappa shape index (κ2) is 49.6. The Labute approximate surface area is 607 Å². The molecule has 1 rings (SSSR count). The predicted octanol–water partition coefficient (Wildman–Crippen LogP) is 15.9. The second-order valence-corrected chi connectivity index (χ2v) is 36.2. The van der Waals surface area contributed by atoms with Crippen LogP contribution in [-0.2, 0) is 38.1 Å². The summed E-state index contributed by atoms with van der Waals surface area (Å²) < 4.78 is 24.8. The highest BCUT2D eigenvalue weighted by Crippen LogP contribution is 2.27. The highest BCUT2D eigenvalue weighted by Gasteiger charge is 2.31. The van der Waals surface area contributed by atoms with Gasteiger partial charge in [-0.1, -0.05) is 296 Å². The van der Waals surface area contributed by atoms with Gasteiger partial charge in [0.2, 0.25) is 23.6 Å². The normalized spacial score (nSPS) is 12.7. The van der Waals surface area contributed by atoms with E-state index in [0.717, 1.165) is 31.1 Å². The van der Waals surface area contributed by atoms with Gasteiger partial charge in [0.1, 0.15) is 7.85 Å². The molecule has 0 heterocycles. The number of unbranched alkanes of at least 4 members (excludes halogenated alkanes) is 24. The van der Waals surface area contributed by atoms with Crippen LogP contribution in [0.5, 0.6) is 0 Å². The lowest BCUT2D eigenvalue weighted by molar-refractivity contribution is -0.125. The van der Waals surface area contributed by atoms with E-state index in [2.05, 4.69) is 101 Å². The summed E-state index contributed by atoms with van der Waals surface area (Å²) in [5, 5.41) is 18.6. The Morgan fingerprint density at radius 3 is 0.727 bits per heavy atom. The monoisotopic (exact) mass is 1390 g/mol. The Hall–Kier alpha value is -4.06. The Morgan fingerprint density at radius 2 is 0.485 bits per heavy atom. The molecule has 0 unspecified atom stereocenters. The molecule has 6 N–H and O–H groups in total. The first-order chi connectivity index (χ1) is 46.3. The summed E-state index contributed by atoms with van der Waals surface area (Å²) in [5.41, 5.74) is -1.23. The van der Waals surface area contributed by atoms with Crippen molar-refractivity contribution >= 4 is 48.8 Å². The lowest BCUT2D eigenvalue weighted by atomic mass is 9.88. The highest BCUT2D eigenvalue weighted by atomic mass is 16.5. The molecular weight excluding hydrogens is 1240 g/mol. The summed E-state index contributed by atoms with van der Waals surface area (Å²) >= 11 is 0. The Bertz CT molecular complexity index is 2250. The molecule has 0 spiro atoms. The van der Waals surface area contributed by atoms with Crippen molar-refractivity contribution in [2.24, 2.45) is 43.3 Å². The quantitative estimate of drug-likeness (QED) is 0.0268. The lowest BCUT2D eigenvalue weighted by Crippen LogP contribution is -2.41. The second-order valence-electron chi connectivity index (χ2n) is 36.2. The van der Waals surface area contributed by atoms with Gasteiger partial charge in [0.15, 0.2) is 0 Å². The lowest BCUT2D eigenvalue weighted by Gasteiger charge is -2.31. The number of benzene rings is 1. The van der Waals surface area contributed by atoms with Crippen molar-refractivity contribution in [2.75, 3.05) is 92.1 Å². The summed E-state index contributed by atoms with van der Waals surface area (Å²) in [6.45, 7) is 43.4. The standard InChI is InChI=1S/C82H153BN6O10/c1-19-21-23-25-27-29-31-33-35-37-39-41-43-45-69(90)84-52-77(7,8)60-98-62-79(11,12)54-86-71(92)50-75(3,4)58-96-64-81(15,16)56-88-73(94)66-47-67(49-68(83)48-66)74(95)89-57-82(17,18)65-97-59-76(5,6)51-72(93)87-55-80(13,14)63-99-61-78(9,10)53-85-70(91)46-44-42-40-38-36-34-32-30-28-26-24-22-20-2/h47-49H,19-46,50-65,83H2,1-18H3,(H,84,90)(H,85,91)(H,86,92)(H,87,93)(H,88,94)(H,89,95). The minimum atomic E-state index is -0.438. The summed E-state index contributed by atoms with van der Waals surface area (Å²) in [5.74, 6) is -0.481. The van der Waals surface area contributed by atoms with E-state index >= 15 is 0 Å². The maximum atomic E-state index is 13.6. The number of rotatable bonds is 62. The van der Waals surface area contributed by atoms with E-state index in [9.17, 15) is 28.8 Å². The van der Waals surface area contributed by atoms with Crippen molar-refractivity contribution in [3.63, 3.8) is 0 Å². The topological polar surface area (TPSA) is 212 Å². The fraction of sp³-hybridized carbons (Fsp3) is 0.854. The number of hydrogen-bond acceptors (Lipinski definition) is 10. The summed E-state index contributed by atoms with van der Waals surface area (Å²) in [6.07, 6.45) is 35.1. The van der Waals surface area contributed by atoms with E-state index in [1.807, 2.05) is 63.2 Å². The van der Waals surface area contributed by atoms with Crippen LogP contribution in [0, 0.1) is 43.3 Å². The molecule has 0 saturated carbocycles. The summed E-state index contributed by atoms with van der Waals surface area (Å²) in [4.78, 5) is 78.9. The van der Waals surface area contributed by atoms with Gasteiger partial charge in [0.05, 0.1) is 52.9 Å². The largest absolute Gasteiger partial charge is 0.380 e. The van der Waals surface area contributed by atoms with Crippen LogP contribution in [-0.4, -0.2) is 135 Å². The minimum absolute atomic E-state index is 0.0577. The van der Waals surface area contributed by atoms with E-state index < -0.39 is 21.7 Å². The number of nitrogens with one attached hydrogen (secondary N) is 6. The zero-order valence-electron chi connectivity index (χ0n) is 67.4. The molecule has 0 saturated heterocycles. The number of carbonyl (C=O) groups is 6. The predicted molar refractivity (Wildman–Crippen MR) is 415 cm³/mol. The van der Waals surface area contributed by atoms with Crippen molar-refractivity contribution in [3.05, 3.63) is 29.3 Å². The van der Waals surface area contributed by atoms with Crippen LogP contribution in [0.1, 0.15) is 338 Å². The molecular formula is C82H153BN6O10. The zero-order valence-corrected chi connectivity index (χ0v) is 67.4. The van der Waals surface area contributed by atoms with E-state index in [1.165, 1.54) is 141 Å². The fourth-order valence-electron chi connectivity index (χ4n) is 11.8. The third kappa shape index (κ3) is 51.7. The molecule has 1 aromatic rings. The van der Waals surface area contributed by atoms with Gasteiger partial charge in [-0.2, -0.15) is 0 Å². The highest BCUT2D eigenvalue weighted by molar-refractivity contribution is 6.33. The molecule has 0 aliphatic heterocycles.